The van der Waals surface area contributed by atoms with E-state index in [-0.39, 0.29) is 6.04 Å². The molecule has 1 saturated carbocycles. The number of rotatable bonds is 4. The van der Waals surface area contributed by atoms with Crippen LogP contribution in [0.3, 0.4) is 0 Å². The molecule has 7 heteroatoms. The van der Waals surface area contributed by atoms with Crippen molar-refractivity contribution >= 4 is 28.0 Å². The first-order valence-electron chi connectivity index (χ1n) is 7.03. The molecule has 120 valence electrons. The predicted octanol–water partition coefficient (Wildman–Crippen LogP) is 3.37. The van der Waals surface area contributed by atoms with Gasteiger partial charge in [-0.3, -0.25) is 9.88 Å². The zero-order valence-corrected chi connectivity index (χ0v) is 14.3. The summed E-state index contributed by atoms with van der Waals surface area (Å²) in [5.41, 5.74) is -0.234. The third-order valence-corrected chi connectivity index (χ3v) is 3.53. The Balaban J connectivity index is 2.34. The molecule has 1 unspecified atom stereocenters. The van der Waals surface area contributed by atoms with Crippen molar-refractivity contribution in [3.8, 4) is 0 Å². The molecule has 1 atom stereocenters. The SMILES string of the molecule is CC(C)(C)OC(=O)N(C1CC1)C(C(=O)O)c1cncc(Br)c1. The molecule has 22 heavy (non-hydrogen) atoms. The first-order chi connectivity index (χ1) is 10.2. The Hall–Kier alpha value is -1.63. The highest BCUT2D eigenvalue weighted by molar-refractivity contribution is 9.10. The average Bonchev–Trinajstić information content (AvgIpc) is 3.16. The number of pyridine rings is 1. The predicted molar refractivity (Wildman–Crippen MR) is 83.4 cm³/mol. The van der Waals surface area contributed by atoms with Gasteiger partial charge in [0.2, 0.25) is 0 Å². The Labute approximate surface area is 137 Å². The molecule has 1 N–H and O–H groups in total. The van der Waals surface area contributed by atoms with E-state index in [1.54, 1.807) is 33.0 Å². The molecular weight excluding hydrogens is 352 g/mol. The normalized spacial score (nSPS) is 16.0. The molecule has 1 aromatic rings. The average molecular weight is 371 g/mol. The van der Waals surface area contributed by atoms with Gasteiger partial charge >= 0.3 is 12.1 Å². The fourth-order valence-corrected chi connectivity index (χ4v) is 2.52. The Bertz CT molecular complexity index is 581. The molecule has 2 rings (SSSR count). The smallest absolute Gasteiger partial charge is 0.411 e. The van der Waals surface area contributed by atoms with Gasteiger partial charge in [0.25, 0.3) is 0 Å². The van der Waals surface area contributed by atoms with Crippen LogP contribution in [0.5, 0.6) is 0 Å². The van der Waals surface area contributed by atoms with E-state index < -0.39 is 23.7 Å². The number of carbonyl (C=O) groups excluding carboxylic acids is 1. The third kappa shape index (κ3) is 4.19. The molecular formula is C15H19BrN2O4. The van der Waals surface area contributed by atoms with E-state index in [1.165, 1.54) is 11.1 Å². The Morgan fingerprint density at radius 1 is 1.41 bits per heavy atom. The number of hydrogen-bond donors (Lipinski definition) is 1. The van der Waals surface area contributed by atoms with Crippen molar-refractivity contribution in [2.75, 3.05) is 0 Å². The van der Waals surface area contributed by atoms with E-state index in [0.717, 1.165) is 12.8 Å². The number of amides is 1. The number of hydrogen-bond acceptors (Lipinski definition) is 4. The van der Waals surface area contributed by atoms with Crippen LogP contribution in [0, 0.1) is 0 Å². The lowest BCUT2D eigenvalue weighted by Crippen LogP contribution is -2.43. The van der Waals surface area contributed by atoms with Crippen LogP contribution in [-0.4, -0.2) is 38.7 Å². The molecule has 1 aliphatic carbocycles. The molecule has 1 fully saturated rings. The second-order valence-electron chi connectivity index (χ2n) is 6.30. The molecule has 1 aromatic heterocycles. The number of ether oxygens (including phenoxy) is 1. The molecule has 0 aliphatic heterocycles. The lowest BCUT2D eigenvalue weighted by atomic mass is 10.1. The van der Waals surface area contributed by atoms with Crippen LogP contribution in [0.15, 0.2) is 22.9 Å². The number of carboxylic acids is 1. The fraction of sp³-hybridized carbons (Fsp3) is 0.533. The number of carboxylic acid groups (broad SMARTS) is 1. The molecule has 0 spiro atoms. The summed E-state index contributed by atoms with van der Waals surface area (Å²) < 4.78 is 6.04. The maximum absolute atomic E-state index is 12.5. The van der Waals surface area contributed by atoms with Gasteiger partial charge < -0.3 is 9.84 Å². The second kappa shape index (κ2) is 6.24. The summed E-state index contributed by atoms with van der Waals surface area (Å²) in [4.78, 5) is 29.5. The number of aliphatic carboxylic acids is 1. The largest absolute Gasteiger partial charge is 0.479 e. The minimum atomic E-state index is -1.10. The monoisotopic (exact) mass is 370 g/mol. The van der Waals surface area contributed by atoms with Crippen LogP contribution in [-0.2, 0) is 9.53 Å². The Kier molecular flexibility index (Phi) is 4.75. The standard InChI is InChI=1S/C15H19BrN2O4/c1-15(2,3)22-14(21)18(11-4-5-11)12(13(19)20)9-6-10(16)8-17-7-9/h6-8,11-12H,4-5H2,1-3H3,(H,19,20). The van der Waals surface area contributed by atoms with Crippen molar-refractivity contribution in [3.05, 3.63) is 28.5 Å². The van der Waals surface area contributed by atoms with Crippen LogP contribution >= 0.6 is 15.9 Å². The summed E-state index contributed by atoms with van der Waals surface area (Å²) in [5, 5.41) is 9.62. The lowest BCUT2D eigenvalue weighted by Gasteiger charge is -2.31. The zero-order chi connectivity index (χ0) is 16.5. The van der Waals surface area contributed by atoms with Gasteiger partial charge in [0.05, 0.1) is 0 Å². The van der Waals surface area contributed by atoms with Crippen molar-refractivity contribution in [3.63, 3.8) is 0 Å². The van der Waals surface area contributed by atoms with Crippen LogP contribution in [0.1, 0.15) is 45.2 Å². The van der Waals surface area contributed by atoms with E-state index in [4.69, 9.17) is 4.74 Å². The second-order valence-corrected chi connectivity index (χ2v) is 7.21. The highest BCUT2D eigenvalue weighted by atomic mass is 79.9. The minimum Gasteiger partial charge on any atom is -0.479 e. The van der Waals surface area contributed by atoms with Crippen LogP contribution < -0.4 is 0 Å². The van der Waals surface area contributed by atoms with E-state index in [2.05, 4.69) is 20.9 Å². The molecule has 0 bridgehead atoms. The molecule has 6 nitrogen and oxygen atoms in total. The van der Waals surface area contributed by atoms with Gasteiger partial charge in [0.1, 0.15) is 5.60 Å². The molecule has 1 heterocycles. The Morgan fingerprint density at radius 2 is 2.05 bits per heavy atom. The summed E-state index contributed by atoms with van der Waals surface area (Å²) >= 11 is 3.28. The van der Waals surface area contributed by atoms with Crippen molar-refractivity contribution in [2.24, 2.45) is 0 Å². The summed E-state index contributed by atoms with van der Waals surface area (Å²) in [7, 11) is 0. The van der Waals surface area contributed by atoms with Crippen LogP contribution in [0.2, 0.25) is 0 Å². The lowest BCUT2D eigenvalue weighted by molar-refractivity contribution is -0.143. The van der Waals surface area contributed by atoms with Crippen LogP contribution in [0.25, 0.3) is 0 Å². The van der Waals surface area contributed by atoms with Gasteiger partial charge in [-0.2, -0.15) is 0 Å². The first kappa shape index (κ1) is 16.7. The van der Waals surface area contributed by atoms with Gasteiger partial charge in [-0.25, -0.2) is 9.59 Å². The fourth-order valence-electron chi connectivity index (χ4n) is 2.13. The van der Waals surface area contributed by atoms with Gasteiger partial charge in [-0.05, 0) is 55.6 Å². The zero-order valence-electron chi connectivity index (χ0n) is 12.7. The summed E-state index contributed by atoms with van der Waals surface area (Å²) in [6.45, 7) is 5.27. The quantitative estimate of drug-likeness (QED) is 0.878. The maximum Gasteiger partial charge on any atom is 0.411 e. The number of carbonyl (C=O) groups is 2. The molecule has 1 aliphatic rings. The molecule has 0 saturated heterocycles. The van der Waals surface area contributed by atoms with Crippen molar-refractivity contribution < 1.29 is 19.4 Å². The molecule has 1 amide bonds. The number of halogens is 1. The van der Waals surface area contributed by atoms with Crippen LogP contribution in [0.4, 0.5) is 4.79 Å². The third-order valence-electron chi connectivity index (χ3n) is 3.10. The Morgan fingerprint density at radius 3 is 2.50 bits per heavy atom. The topological polar surface area (TPSA) is 79.7 Å². The van der Waals surface area contributed by atoms with Gasteiger partial charge in [-0.15, -0.1) is 0 Å². The van der Waals surface area contributed by atoms with E-state index in [9.17, 15) is 14.7 Å². The van der Waals surface area contributed by atoms with Gasteiger partial charge in [-0.1, -0.05) is 0 Å². The van der Waals surface area contributed by atoms with E-state index in [0.29, 0.717) is 10.0 Å². The number of aromatic nitrogens is 1. The maximum atomic E-state index is 12.5. The highest BCUT2D eigenvalue weighted by Crippen LogP contribution is 2.36. The summed E-state index contributed by atoms with van der Waals surface area (Å²) in [6, 6.07) is 0.452. The molecule has 0 radical (unpaired) electrons. The first-order valence-corrected chi connectivity index (χ1v) is 7.83. The summed E-state index contributed by atoms with van der Waals surface area (Å²) in [6.07, 6.45) is 3.98. The molecule has 0 aromatic carbocycles. The highest BCUT2D eigenvalue weighted by Gasteiger charge is 2.43. The number of nitrogens with zero attached hydrogens (tertiary/aromatic N) is 2. The van der Waals surface area contributed by atoms with E-state index in [1.807, 2.05) is 0 Å². The van der Waals surface area contributed by atoms with Crippen molar-refractivity contribution in [1.82, 2.24) is 9.88 Å². The van der Waals surface area contributed by atoms with E-state index >= 15 is 0 Å². The van der Waals surface area contributed by atoms with Gasteiger partial charge in [0, 0.05) is 28.5 Å². The minimum absolute atomic E-state index is 0.102. The summed E-state index contributed by atoms with van der Waals surface area (Å²) in [5.74, 6) is -1.10. The van der Waals surface area contributed by atoms with Crippen molar-refractivity contribution in [1.29, 1.82) is 0 Å². The van der Waals surface area contributed by atoms with Gasteiger partial charge in [0.15, 0.2) is 6.04 Å². The van der Waals surface area contributed by atoms with Crippen molar-refractivity contribution in [2.45, 2.75) is 51.3 Å².